The summed E-state index contributed by atoms with van der Waals surface area (Å²) in [4.78, 5) is 2.39. The SMILES string of the molecule is CC(C)CN(CC(C)C)C(C)C(C)O. The highest BCUT2D eigenvalue weighted by Gasteiger charge is 2.19. The van der Waals surface area contributed by atoms with Crippen LogP contribution in [0.5, 0.6) is 0 Å². The van der Waals surface area contributed by atoms with Crippen LogP contribution < -0.4 is 0 Å². The average Bonchev–Trinajstić information content (AvgIpc) is 1.99. The van der Waals surface area contributed by atoms with Gasteiger partial charge >= 0.3 is 0 Å². The van der Waals surface area contributed by atoms with Crippen LogP contribution in [0.25, 0.3) is 0 Å². The molecule has 0 bridgehead atoms. The van der Waals surface area contributed by atoms with Gasteiger partial charge < -0.3 is 5.11 Å². The molecule has 2 nitrogen and oxygen atoms in total. The minimum atomic E-state index is -0.243. The third kappa shape index (κ3) is 5.61. The van der Waals surface area contributed by atoms with Crippen molar-refractivity contribution in [1.29, 1.82) is 0 Å². The van der Waals surface area contributed by atoms with Gasteiger partial charge in [-0.25, -0.2) is 0 Å². The van der Waals surface area contributed by atoms with Crippen LogP contribution in [0.2, 0.25) is 0 Å². The first kappa shape index (κ1) is 13.9. The zero-order chi connectivity index (χ0) is 11.3. The minimum Gasteiger partial charge on any atom is -0.392 e. The summed E-state index contributed by atoms with van der Waals surface area (Å²) in [5.74, 6) is 1.32. The van der Waals surface area contributed by atoms with Gasteiger partial charge in [0.05, 0.1) is 6.10 Å². The van der Waals surface area contributed by atoms with Gasteiger partial charge in [0.25, 0.3) is 0 Å². The molecule has 0 amide bonds. The van der Waals surface area contributed by atoms with Crippen LogP contribution >= 0.6 is 0 Å². The van der Waals surface area contributed by atoms with Gasteiger partial charge in [-0.15, -0.1) is 0 Å². The lowest BCUT2D eigenvalue weighted by Gasteiger charge is -2.33. The van der Waals surface area contributed by atoms with E-state index < -0.39 is 0 Å². The van der Waals surface area contributed by atoms with Gasteiger partial charge in [-0.3, -0.25) is 4.90 Å². The summed E-state index contributed by atoms with van der Waals surface area (Å²) in [5, 5.41) is 9.58. The number of rotatable bonds is 6. The second kappa shape index (κ2) is 6.41. The molecule has 2 heteroatoms. The summed E-state index contributed by atoms with van der Waals surface area (Å²) in [7, 11) is 0. The monoisotopic (exact) mass is 201 g/mol. The second-order valence-corrected chi connectivity index (χ2v) is 5.22. The molecule has 0 aliphatic carbocycles. The Morgan fingerprint density at radius 3 is 1.43 bits per heavy atom. The van der Waals surface area contributed by atoms with Gasteiger partial charge in [-0.1, -0.05) is 27.7 Å². The van der Waals surface area contributed by atoms with Crippen molar-refractivity contribution in [2.75, 3.05) is 13.1 Å². The number of hydrogen-bond donors (Lipinski definition) is 1. The van der Waals surface area contributed by atoms with E-state index in [-0.39, 0.29) is 12.1 Å². The predicted octanol–water partition coefficient (Wildman–Crippen LogP) is 2.37. The van der Waals surface area contributed by atoms with E-state index in [9.17, 15) is 5.11 Å². The van der Waals surface area contributed by atoms with Crippen molar-refractivity contribution in [3.8, 4) is 0 Å². The largest absolute Gasteiger partial charge is 0.392 e. The molecule has 0 fully saturated rings. The Morgan fingerprint density at radius 1 is 0.857 bits per heavy atom. The number of hydrogen-bond acceptors (Lipinski definition) is 2. The van der Waals surface area contributed by atoms with Crippen LogP contribution in [0.15, 0.2) is 0 Å². The summed E-state index contributed by atoms with van der Waals surface area (Å²) < 4.78 is 0. The molecule has 0 saturated carbocycles. The fraction of sp³-hybridized carbons (Fsp3) is 1.00. The molecular formula is C12H27NO. The van der Waals surface area contributed by atoms with Crippen molar-refractivity contribution in [3.63, 3.8) is 0 Å². The normalized spacial score (nSPS) is 16.7. The lowest BCUT2D eigenvalue weighted by molar-refractivity contribution is 0.0564. The van der Waals surface area contributed by atoms with Crippen LogP contribution in [0.1, 0.15) is 41.5 Å². The maximum Gasteiger partial charge on any atom is 0.0664 e. The average molecular weight is 201 g/mol. The van der Waals surface area contributed by atoms with Crippen molar-refractivity contribution in [3.05, 3.63) is 0 Å². The lowest BCUT2D eigenvalue weighted by atomic mass is 10.1. The molecule has 0 aromatic carbocycles. The van der Waals surface area contributed by atoms with Crippen molar-refractivity contribution < 1.29 is 5.11 Å². The Morgan fingerprint density at radius 2 is 1.21 bits per heavy atom. The first-order chi connectivity index (χ1) is 6.34. The van der Waals surface area contributed by atoms with E-state index in [0.717, 1.165) is 13.1 Å². The smallest absolute Gasteiger partial charge is 0.0664 e. The Kier molecular flexibility index (Phi) is 6.38. The highest BCUT2D eigenvalue weighted by Crippen LogP contribution is 2.10. The van der Waals surface area contributed by atoms with Gasteiger partial charge in [0.2, 0.25) is 0 Å². The quantitative estimate of drug-likeness (QED) is 0.713. The fourth-order valence-corrected chi connectivity index (χ4v) is 1.65. The third-order valence-corrected chi connectivity index (χ3v) is 2.47. The van der Waals surface area contributed by atoms with Gasteiger partial charge in [0.1, 0.15) is 0 Å². The molecule has 0 heterocycles. The molecule has 2 atom stereocenters. The molecule has 0 aliphatic rings. The van der Waals surface area contributed by atoms with Crippen molar-refractivity contribution in [2.45, 2.75) is 53.7 Å². The van der Waals surface area contributed by atoms with Crippen LogP contribution in [0.4, 0.5) is 0 Å². The molecule has 2 unspecified atom stereocenters. The van der Waals surface area contributed by atoms with Crippen molar-refractivity contribution in [2.24, 2.45) is 11.8 Å². The zero-order valence-electron chi connectivity index (χ0n) is 10.6. The van der Waals surface area contributed by atoms with E-state index >= 15 is 0 Å². The Bertz CT molecular complexity index is 133. The molecule has 1 N–H and O–H groups in total. The van der Waals surface area contributed by atoms with E-state index in [1.54, 1.807) is 0 Å². The molecule has 0 aromatic rings. The maximum atomic E-state index is 9.58. The Hall–Kier alpha value is -0.0800. The Labute approximate surface area is 89.3 Å². The predicted molar refractivity (Wildman–Crippen MR) is 62.4 cm³/mol. The van der Waals surface area contributed by atoms with E-state index in [1.807, 2.05) is 6.92 Å². The lowest BCUT2D eigenvalue weighted by Crippen LogP contribution is -2.44. The van der Waals surface area contributed by atoms with E-state index in [2.05, 4.69) is 39.5 Å². The molecule has 86 valence electrons. The highest BCUT2D eigenvalue weighted by atomic mass is 16.3. The summed E-state index contributed by atoms with van der Waals surface area (Å²) >= 11 is 0. The number of aliphatic hydroxyl groups is 1. The van der Waals surface area contributed by atoms with Crippen LogP contribution in [-0.2, 0) is 0 Å². The second-order valence-electron chi connectivity index (χ2n) is 5.22. The molecule has 0 aliphatic heterocycles. The molecule has 14 heavy (non-hydrogen) atoms. The topological polar surface area (TPSA) is 23.5 Å². The molecule has 0 rings (SSSR count). The number of aliphatic hydroxyl groups excluding tert-OH is 1. The first-order valence-corrected chi connectivity index (χ1v) is 5.76. The van der Waals surface area contributed by atoms with E-state index in [0.29, 0.717) is 11.8 Å². The van der Waals surface area contributed by atoms with Gasteiger partial charge in [-0.05, 0) is 25.7 Å². The minimum absolute atomic E-state index is 0.243. The summed E-state index contributed by atoms with van der Waals surface area (Å²) in [5.41, 5.74) is 0. The highest BCUT2D eigenvalue weighted by molar-refractivity contribution is 4.73. The Balaban J connectivity index is 4.22. The molecule has 0 saturated heterocycles. The maximum absolute atomic E-state index is 9.58. The third-order valence-electron chi connectivity index (χ3n) is 2.47. The van der Waals surface area contributed by atoms with Crippen molar-refractivity contribution >= 4 is 0 Å². The van der Waals surface area contributed by atoms with Gasteiger partial charge in [-0.2, -0.15) is 0 Å². The van der Waals surface area contributed by atoms with Gasteiger partial charge in [0, 0.05) is 19.1 Å². The standard InChI is InChI=1S/C12H27NO/c1-9(2)7-13(8-10(3)4)11(5)12(6)14/h9-12,14H,7-8H2,1-6H3. The van der Waals surface area contributed by atoms with Gasteiger partial charge in [0.15, 0.2) is 0 Å². The number of nitrogens with zero attached hydrogens (tertiary/aromatic N) is 1. The summed E-state index contributed by atoms with van der Waals surface area (Å²) in [6, 6.07) is 0.264. The molecular weight excluding hydrogens is 174 g/mol. The zero-order valence-corrected chi connectivity index (χ0v) is 10.6. The van der Waals surface area contributed by atoms with Crippen LogP contribution in [0, 0.1) is 11.8 Å². The van der Waals surface area contributed by atoms with E-state index in [1.165, 1.54) is 0 Å². The van der Waals surface area contributed by atoms with Crippen molar-refractivity contribution in [1.82, 2.24) is 4.90 Å². The summed E-state index contributed by atoms with van der Waals surface area (Å²) in [6.45, 7) is 15.0. The molecule has 0 spiro atoms. The molecule has 0 aromatic heterocycles. The summed E-state index contributed by atoms with van der Waals surface area (Å²) in [6.07, 6.45) is -0.243. The molecule has 0 radical (unpaired) electrons. The fourth-order valence-electron chi connectivity index (χ4n) is 1.65. The first-order valence-electron chi connectivity index (χ1n) is 5.76. The van der Waals surface area contributed by atoms with Crippen LogP contribution in [-0.4, -0.2) is 35.2 Å². The van der Waals surface area contributed by atoms with Crippen LogP contribution in [0.3, 0.4) is 0 Å². The van der Waals surface area contributed by atoms with E-state index in [4.69, 9.17) is 0 Å².